The van der Waals surface area contributed by atoms with Gasteiger partial charge in [0.05, 0.1) is 0 Å². The number of hydrogen-bond acceptors (Lipinski definition) is 5. The van der Waals surface area contributed by atoms with Crippen LogP contribution in [0.3, 0.4) is 0 Å². The first-order valence-corrected chi connectivity index (χ1v) is 8.94. The molecule has 7 nitrogen and oxygen atoms in total. The monoisotopic (exact) mass is 420 g/mol. The minimum atomic E-state index is -0.236. The SMILES string of the molecule is CCCN(C(=O)COCC(=O)NCc1cccnc1)C1CCNCC1.Cl.Cl. The molecule has 0 radical (unpaired) electrons. The zero-order valence-corrected chi connectivity index (χ0v) is 17.3. The van der Waals surface area contributed by atoms with E-state index < -0.39 is 0 Å². The van der Waals surface area contributed by atoms with Gasteiger partial charge in [0.25, 0.3) is 0 Å². The number of nitrogens with one attached hydrogen (secondary N) is 2. The second kappa shape index (κ2) is 14.6. The van der Waals surface area contributed by atoms with Crippen molar-refractivity contribution >= 4 is 36.6 Å². The molecule has 0 bridgehead atoms. The predicted molar refractivity (Wildman–Crippen MR) is 109 cm³/mol. The van der Waals surface area contributed by atoms with E-state index in [4.69, 9.17) is 4.74 Å². The molecule has 9 heteroatoms. The summed E-state index contributed by atoms with van der Waals surface area (Å²) in [7, 11) is 0. The number of carbonyl (C=O) groups excluding carboxylic acids is 2. The van der Waals surface area contributed by atoms with Crippen LogP contribution in [0.25, 0.3) is 0 Å². The van der Waals surface area contributed by atoms with Crippen molar-refractivity contribution in [3.63, 3.8) is 0 Å². The number of rotatable bonds is 9. The van der Waals surface area contributed by atoms with E-state index in [1.807, 2.05) is 17.0 Å². The summed E-state index contributed by atoms with van der Waals surface area (Å²) in [4.78, 5) is 30.1. The van der Waals surface area contributed by atoms with Crippen LogP contribution >= 0.6 is 24.8 Å². The van der Waals surface area contributed by atoms with Gasteiger partial charge in [-0.3, -0.25) is 14.6 Å². The van der Waals surface area contributed by atoms with Gasteiger partial charge in [-0.1, -0.05) is 13.0 Å². The van der Waals surface area contributed by atoms with Crippen molar-refractivity contribution in [3.8, 4) is 0 Å². The molecule has 1 fully saturated rings. The summed E-state index contributed by atoms with van der Waals surface area (Å²) in [5.41, 5.74) is 0.923. The van der Waals surface area contributed by atoms with E-state index in [1.165, 1.54) is 0 Å². The number of piperidine rings is 1. The van der Waals surface area contributed by atoms with Crippen molar-refractivity contribution in [1.82, 2.24) is 20.5 Å². The molecule has 1 aromatic heterocycles. The van der Waals surface area contributed by atoms with E-state index in [0.717, 1.165) is 44.5 Å². The zero-order valence-electron chi connectivity index (χ0n) is 15.7. The van der Waals surface area contributed by atoms with Crippen molar-refractivity contribution in [3.05, 3.63) is 30.1 Å². The van der Waals surface area contributed by atoms with Crippen LogP contribution in [0.2, 0.25) is 0 Å². The maximum atomic E-state index is 12.4. The molecule has 1 aromatic rings. The molecule has 0 saturated carbocycles. The largest absolute Gasteiger partial charge is 0.362 e. The molecule has 2 N–H and O–H groups in total. The fraction of sp³-hybridized carbons (Fsp3) is 0.611. The highest BCUT2D eigenvalue weighted by molar-refractivity contribution is 5.85. The van der Waals surface area contributed by atoms with Crippen LogP contribution in [-0.4, -0.2) is 60.6 Å². The lowest BCUT2D eigenvalue weighted by Crippen LogP contribution is -2.47. The van der Waals surface area contributed by atoms with Crippen LogP contribution in [0.5, 0.6) is 0 Å². The average Bonchev–Trinajstić information content (AvgIpc) is 2.66. The molecule has 1 saturated heterocycles. The third-order valence-corrected chi connectivity index (χ3v) is 4.21. The number of aromatic nitrogens is 1. The number of halogens is 2. The summed E-state index contributed by atoms with van der Waals surface area (Å²) in [6.07, 6.45) is 6.24. The Morgan fingerprint density at radius 1 is 1.30 bits per heavy atom. The molecule has 2 heterocycles. The highest BCUT2D eigenvalue weighted by atomic mass is 35.5. The number of hydrogen-bond donors (Lipinski definition) is 2. The second-order valence-corrected chi connectivity index (χ2v) is 6.20. The van der Waals surface area contributed by atoms with Crippen molar-refractivity contribution in [2.45, 2.75) is 38.8 Å². The van der Waals surface area contributed by atoms with Crippen LogP contribution in [-0.2, 0) is 20.9 Å². The van der Waals surface area contributed by atoms with Gasteiger partial charge in [-0.15, -0.1) is 24.8 Å². The molecular formula is C18H30Cl2N4O3. The number of pyridine rings is 1. The van der Waals surface area contributed by atoms with Gasteiger partial charge in [0, 0.05) is 31.5 Å². The number of nitrogens with zero attached hydrogens (tertiary/aromatic N) is 2. The Morgan fingerprint density at radius 2 is 2.04 bits per heavy atom. The zero-order chi connectivity index (χ0) is 17.9. The number of amides is 2. The molecular weight excluding hydrogens is 391 g/mol. The molecule has 0 aliphatic carbocycles. The van der Waals surface area contributed by atoms with Crippen LogP contribution in [0.1, 0.15) is 31.7 Å². The number of carbonyl (C=O) groups is 2. The molecule has 0 aromatic carbocycles. The maximum absolute atomic E-state index is 12.4. The van der Waals surface area contributed by atoms with Crippen molar-refractivity contribution in [2.75, 3.05) is 32.8 Å². The Labute approximate surface area is 173 Å². The van der Waals surface area contributed by atoms with E-state index in [-0.39, 0.29) is 55.9 Å². The lowest BCUT2D eigenvalue weighted by molar-refractivity contribution is -0.140. The normalized spacial score (nSPS) is 13.8. The summed E-state index contributed by atoms with van der Waals surface area (Å²) >= 11 is 0. The summed E-state index contributed by atoms with van der Waals surface area (Å²) in [5, 5.41) is 6.06. The molecule has 27 heavy (non-hydrogen) atoms. The smallest absolute Gasteiger partial charge is 0.248 e. The van der Waals surface area contributed by atoms with Crippen LogP contribution in [0.15, 0.2) is 24.5 Å². The highest BCUT2D eigenvalue weighted by Crippen LogP contribution is 2.12. The minimum Gasteiger partial charge on any atom is -0.362 e. The second-order valence-electron chi connectivity index (χ2n) is 6.20. The van der Waals surface area contributed by atoms with E-state index >= 15 is 0 Å². The minimum absolute atomic E-state index is 0. The first-order chi connectivity index (χ1) is 12.2. The van der Waals surface area contributed by atoms with Gasteiger partial charge in [-0.25, -0.2) is 0 Å². The summed E-state index contributed by atoms with van der Waals surface area (Å²) in [5.74, 6) is -0.269. The van der Waals surface area contributed by atoms with Crippen molar-refractivity contribution in [2.24, 2.45) is 0 Å². The van der Waals surface area contributed by atoms with Gasteiger partial charge in [-0.2, -0.15) is 0 Å². The van der Waals surface area contributed by atoms with Crippen molar-refractivity contribution in [1.29, 1.82) is 0 Å². The fourth-order valence-electron chi connectivity index (χ4n) is 2.94. The number of ether oxygens (including phenoxy) is 1. The first kappa shape index (κ1) is 25.6. The Hall–Kier alpha value is -1.41. The summed E-state index contributed by atoms with van der Waals surface area (Å²) < 4.78 is 5.33. The fourth-order valence-corrected chi connectivity index (χ4v) is 2.94. The maximum Gasteiger partial charge on any atom is 0.248 e. The average molecular weight is 421 g/mol. The summed E-state index contributed by atoms with van der Waals surface area (Å²) in [6, 6.07) is 3.98. The van der Waals surface area contributed by atoms with Crippen LogP contribution in [0, 0.1) is 0 Å². The lowest BCUT2D eigenvalue weighted by atomic mass is 10.0. The Kier molecular flexibility index (Phi) is 13.9. The third kappa shape index (κ3) is 9.37. The van der Waals surface area contributed by atoms with E-state index in [9.17, 15) is 9.59 Å². The van der Waals surface area contributed by atoms with E-state index in [1.54, 1.807) is 12.4 Å². The topological polar surface area (TPSA) is 83.6 Å². The molecule has 2 rings (SSSR count). The standard InChI is InChI=1S/C18H28N4O3.2ClH/c1-2-10-22(16-5-8-19-9-6-16)18(24)14-25-13-17(23)21-12-15-4-3-7-20-11-15;;/h3-4,7,11,16,19H,2,5-6,8-10,12-14H2,1H3,(H,21,23);2*1H. The third-order valence-electron chi connectivity index (χ3n) is 4.21. The van der Waals surface area contributed by atoms with Crippen LogP contribution in [0.4, 0.5) is 0 Å². The summed E-state index contributed by atoms with van der Waals surface area (Å²) in [6.45, 7) is 4.92. The van der Waals surface area contributed by atoms with Gasteiger partial charge < -0.3 is 20.3 Å². The first-order valence-electron chi connectivity index (χ1n) is 8.94. The quantitative estimate of drug-likeness (QED) is 0.632. The molecule has 2 amide bonds. The lowest BCUT2D eigenvalue weighted by Gasteiger charge is -2.34. The van der Waals surface area contributed by atoms with Gasteiger partial charge >= 0.3 is 0 Å². The molecule has 0 unspecified atom stereocenters. The molecule has 1 aliphatic heterocycles. The Morgan fingerprint density at radius 3 is 2.67 bits per heavy atom. The molecule has 154 valence electrons. The van der Waals surface area contributed by atoms with Gasteiger partial charge in [0.1, 0.15) is 13.2 Å². The van der Waals surface area contributed by atoms with E-state index in [2.05, 4.69) is 22.5 Å². The van der Waals surface area contributed by atoms with Crippen LogP contribution < -0.4 is 10.6 Å². The predicted octanol–water partition coefficient (Wildman–Crippen LogP) is 1.55. The molecule has 1 aliphatic rings. The molecule has 0 spiro atoms. The highest BCUT2D eigenvalue weighted by Gasteiger charge is 2.24. The Bertz CT molecular complexity index is 543. The van der Waals surface area contributed by atoms with Crippen molar-refractivity contribution < 1.29 is 14.3 Å². The Balaban J connectivity index is 0.00000338. The van der Waals surface area contributed by atoms with Gasteiger partial charge in [-0.05, 0) is 44.0 Å². The van der Waals surface area contributed by atoms with Gasteiger partial charge in [0.15, 0.2) is 0 Å². The van der Waals surface area contributed by atoms with E-state index in [0.29, 0.717) is 6.54 Å². The molecule has 0 atom stereocenters. The van der Waals surface area contributed by atoms with Gasteiger partial charge in [0.2, 0.25) is 11.8 Å².